The fraction of sp³-hybridized carbons (Fsp3) is 0.538. The molecule has 0 aliphatic carbocycles. The zero-order chi connectivity index (χ0) is 13.8. The maximum atomic E-state index is 12.3. The molecule has 2 N–H and O–H groups in total. The first-order valence-corrected chi connectivity index (χ1v) is 5.90. The zero-order valence-corrected chi connectivity index (χ0v) is 11.4. The largest absolute Gasteiger partial charge is 0.396 e. The number of amides is 1. The van der Waals surface area contributed by atoms with Crippen molar-refractivity contribution in [2.45, 2.75) is 13.8 Å². The fourth-order valence-electron chi connectivity index (χ4n) is 1.75. The van der Waals surface area contributed by atoms with Crippen LogP contribution in [-0.2, 0) is 0 Å². The summed E-state index contributed by atoms with van der Waals surface area (Å²) in [5.74, 6) is 0.463. The summed E-state index contributed by atoms with van der Waals surface area (Å²) in [4.78, 5) is 18.0. The Morgan fingerprint density at radius 2 is 2.22 bits per heavy atom. The van der Waals surface area contributed by atoms with Crippen molar-refractivity contribution in [3.05, 3.63) is 23.9 Å². The summed E-state index contributed by atoms with van der Waals surface area (Å²) >= 11 is 0. The van der Waals surface area contributed by atoms with Crippen molar-refractivity contribution in [2.75, 3.05) is 32.6 Å². The van der Waals surface area contributed by atoms with Gasteiger partial charge in [-0.3, -0.25) is 4.79 Å². The van der Waals surface area contributed by atoms with Gasteiger partial charge in [0.2, 0.25) is 0 Å². The molecule has 0 bridgehead atoms. The Labute approximate surface area is 108 Å². The highest BCUT2D eigenvalue weighted by Gasteiger charge is 2.23. The average molecular weight is 251 g/mol. The number of carbonyl (C=O) groups is 1. The number of hydrogen-bond acceptors (Lipinski definition) is 4. The predicted octanol–water partition coefficient (Wildman–Crippen LogP) is 1.21. The second-order valence-corrected chi connectivity index (χ2v) is 5.13. The number of nitrogens with zero attached hydrogens (tertiary/aromatic N) is 2. The number of rotatable bonds is 5. The zero-order valence-electron chi connectivity index (χ0n) is 11.4. The topological polar surface area (TPSA) is 65.5 Å². The van der Waals surface area contributed by atoms with Gasteiger partial charge in [-0.05, 0) is 12.1 Å². The Morgan fingerprint density at radius 1 is 1.56 bits per heavy atom. The Hall–Kier alpha value is -1.62. The van der Waals surface area contributed by atoms with Crippen molar-refractivity contribution in [1.29, 1.82) is 0 Å². The lowest BCUT2D eigenvalue weighted by Gasteiger charge is -2.28. The van der Waals surface area contributed by atoms with E-state index in [1.165, 1.54) is 0 Å². The van der Waals surface area contributed by atoms with E-state index in [2.05, 4.69) is 10.3 Å². The second kappa shape index (κ2) is 5.82. The molecule has 1 amide bonds. The molecule has 0 saturated heterocycles. The molecular weight excluding hydrogens is 230 g/mol. The molecule has 1 rings (SSSR count). The molecule has 1 aromatic rings. The van der Waals surface area contributed by atoms with E-state index in [4.69, 9.17) is 0 Å². The van der Waals surface area contributed by atoms with Crippen LogP contribution in [0.1, 0.15) is 24.2 Å². The quantitative estimate of drug-likeness (QED) is 0.825. The monoisotopic (exact) mass is 251 g/mol. The van der Waals surface area contributed by atoms with Gasteiger partial charge in [-0.15, -0.1) is 0 Å². The Kier molecular flexibility index (Phi) is 4.67. The number of pyridine rings is 1. The van der Waals surface area contributed by atoms with E-state index in [0.29, 0.717) is 17.9 Å². The number of carbonyl (C=O) groups excluding carboxylic acids is 1. The molecule has 100 valence electrons. The van der Waals surface area contributed by atoms with Crippen LogP contribution in [0.5, 0.6) is 0 Å². The molecule has 0 aromatic carbocycles. The maximum Gasteiger partial charge on any atom is 0.257 e. The molecule has 0 spiro atoms. The van der Waals surface area contributed by atoms with Crippen LogP contribution in [0.4, 0.5) is 5.82 Å². The number of anilines is 1. The van der Waals surface area contributed by atoms with Crippen LogP contribution >= 0.6 is 0 Å². The molecule has 0 aliphatic rings. The number of hydrogen-bond donors (Lipinski definition) is 2. The molecule has 0 radical (unpaired) electrons. The van der Waals surface area contributed by atoms with Gasteiger partial charge in [-0.1, -0.05) is 13.8 Å². The summed E-state index contributed by atoms with van der Waals surface area (Å²) in [6.07, 6.45) is 1.64. The van der Waals surface area contributed by atoms with Crippen molar-refractivity contribution in [3.63, 3.8) is 0 Å². The van der Waals surface area contributed by atoms with Crippen molar-refractivity contribution >= 4 is 11.7 Å². The van der Waals surface area contributed by atoms with Gasteiger partial charge in [0.15, 0.2) is 0 Å². The lowest BCUT2D eigenvalue weighted by atomic mass is 9.94. The van der Waals surface area contributed by atoms with Gasteiger partial charge in [-0.2, -0.15) is 0 Å². The highest BCUT2D eigenvalue weighted by molar-refractivity contribution is 5.98. The third-order valence-electron chi connectivity index (χ3n) is 2.71. The van der Waals surface area contributed by atoms with Gasteiger partial charge >= 0.3 is 0 Å². The highest BCUT2D eigenvalue weighted by Crippen LogP contribution is 2.18. The van der Waals surface area contributed by atoms with E-state index >= 15 is 0 Å². The van der Waals surface area contributed by atoms with Gasteiger partial charge in [0, 0.05) is 38.9 Å². The summed E-state index contributed by atoms with van der Waals surface area (Å²) in [6.45, 7) is 4.36. The van der Waals surface area contributed by atoms with Crippen molar-refractivity contribution in [1.82, 2.24) is 9.88 Å². The number of nitrogens with one attached hydrogen (secondary N) is 1. The molecule has 0 saturated carbocycles. The van der Waals surface area contributed by atoms with Crippen LogP contribution in [0, 0.1) is 5.41 Å². The molecule has 5 heteroatoms. The standard InChI is InChI=1S/C13H21N3O2/c1-13(2,9-17)8-16(4)12(18)10-6-5-7-15-11(10)14-3/h5-7,17H,8-9H2,1-4H3,(H,14,15). The van der Waals surface area contributed by atoms with Crippen molar-refractivity contribution < 1.29 is 9.90 Å². The summed E-state index contributed by atoms with van der Waals surface area (Å²) in [7, 11) is 3.46. The van der Waals surface area contributed by atoms with Crippen molar-refractivity contribution in [3.8, 4) is 0 Å². The van der Waals surface area contributed by atoms with E-state index < -0.39 is 0 Å². The minimum Gasteiger partial charge on any atom is -0.396 e. The maximum absolute atomic E-state index is 12.3. The van der Waals surface area contributed by atoms with Crippen LogP contribution in [0.15, 0.2) is 18.3 Å². The fourth-order valence-corrected chi connectivity index (χ4v) is 1.75. The van der Waals surface area contributed by atoms with E-state index in [1.807, 2.05) is 13.8 Å². The van der Waals surface area contributed by atoms with E-state index in [1.54, 1.807) is 37.3 Å². The molecule has 18 heavy (non-hydrogen) atoms. The number of aromatic nitrogens is 1. The van der Waals surface area contributed by atoms with Gasteiger partial charge in [0.25, 0.3) is 5.91 Å². The van der Waals surface area contributed by atoms with E-state index in [0.717, 1.165) is 0 Å². The summed E-state index contributed by atoms with van der Waals surface area (Å²) < 4.78 is 0. The van der Waals surface area contributed by atoms with Crippen LogP contribution in [0.3, 0.4) is 0 Å². The summed E-state index contributed by atoms with van der Waals surface area (Å²) in [6, 6.07) is 3.47. The van der Waals surface area contributed by atoms with Crippen LogP contribution < -0.4 is 5.32 Å². The molecule has 1 aromatic heterocycles. The van der Waals surface area contributed by atoms with Crippen LogP contribution in [0.2, 0.25) is 0 Å². The Bertz CT molecular complexity index is 418. The second-order valence-electron chi connectivity index (χ2n) is 5.13. The Balaban J connectivity index is 2.87. The molecule has 5 nitrogen and oxygen atoms in total. The minimum absolute atomic E-state index is 0.0382. The first-order valence-electron chi connectivity index (χ1n) is 5.90. The van der Waals surface area contributed by atoms with Gasteiger partial charge in [-0.25, -0.2) is 4.98 Å². The molecule has 1 heterocycles. The Morgan fingerprint density at radius 3 is 2.78 bits per heavy atom. The normalized spacial score (nSPS) is 11.2. The summed E-state index contributed by atoms with van der Waals surface area (Å²) in [5, 5.41) is 12.1. The van der Waals surface area contributed by atoms with Gasteiger partial charge in [0.05, 0.1) is 5.56 Å². The molecular formula is C13H21N3O2. The van der Waals surface area contributed by atoms with Gasteiger partial charge in [0.1, 0.15) is 5.82 Å². The van der Waals surface area contributed by atoms with Crippen molar-refractivity contribution in [2.24, 2.45) is 5.41 Å². The van der Waals surface area contributed by atoms with E-state index in [-0.39, 0.29) is 17.9 Å². The third-order valence-corrected chi connectivity index (χ3v) is 2.71. The van der Waals surface area contributed by atoms with Crippen LogP contribution in [0.25, 0.3) is 0 Å². The molecule has 0 aliphatic heterocycles. The smallest absolute Gasteiger partial charge is 0.257 e. The summed E-state index contributed by atoms with van der Waals surface area (Å²) in [5.41, 5.74) is 0.225. The molecule has 0 atom stereocenters. The first-order chi connectivity index (χ1) is 8.41. The highest BCUT2D eigenvalue weighted by atomic mass is 16.3. The lowest BCUT2D eigenvalue weighted by Crippen LogP contribution is -2.38. The SMILES string of the molecule is CNc1ncccc1C(=O)N(C)CC(C)(C)CO. The van der Waals surface area contributed by atoms with Gasteiger partial charge < -0.3 is 15.3 Å². The van der Waals surface area contributed by atoms with Crippen LogP contribution in [-0.4, -0.2) is 48.1 Å². The number of aliphatic hydroxyl groups excluding tert-OH is 1. The lowest BCUT2D eigenvalue weighted by molar-refractivity contribution is 0.0664. The first kappa shape index (κ1) is 14.4. The minimum atomic E-state index is -0.313. The number of aliphatic hydroxyl groups is 1. The van der Waals surface area contributed by atoms with E-state index in [9.17, 15) is 9.90 Å². The molecule has 0 unspecified atom stereocenters. The predicted molar refractivity (Wildman–Crippen MR) is 71.6 cm³/mol. The average Bonchev–Trinajstić information content (AvgIpc) is 2.37. The molecule has 0 fully saturated rings. The third kappa shape index (κ3) is 3.43.